The molecule has 3 aliphatic rings. The van der Waals surface area contributed by atoms with E-state index < -0.39 is 12.5 Å². The average molecular weight is 365 g/mol. The van der Waals surface area contributed by atoms with Gasteiger partial charge in [0.15, 0.2) is 0 Å². The summed E-state index contributed by atoms with van der Waals surface area (Å²) in [6.07, 6.45) is 7.96. The van der Waals surface area contributed by atoms with Crippen molar-refractivity contribution in [3.63, 3.8) is 0 Å². The summed E-state index contributed by atoms with van der Waals surface area (Å²) in [6, 6.07) is -1.05. The minimum absolute atomic E-state index is 0.104. The molecule has 1 amide bonds. The first-order chi connectivity index (χ1) is 12.6. The fourth-order valence-corrected chi connectivity index (χ4v) is 4.48. The van der Waals surface area contributed by atoms with Crippen molar-refractivity contribution in [2.24, 2.45) is 11.8 Å². The summed E-state index contributed by atoms with van der Waals surface area (Å²) in [5.74, 6) is 1.12. The second-order valence-electron chi connectivity index (χ2n) is 7.63. The van der Waals surface area contributed by atoms with E-state index in [2.05, 4.69) is 27.6 Å². The highest BCUT2D eigenvalue weighted by molar-refractivity contribution is 5.76. The van der Waals surface area contributed by atoms with Gasteiger partial charge in [-0.1, -0.05) is 12.2 Å². The van der Waals surface area contributed by atoms with Crippen LogP contribution in [0.5, 0.6) is 0 Å². The first-order valence-electron chi connectivity index (χ1n) is 9.50. The number of piperidine rings is 1. The zero-order valence-corrected chi connectivity index (χ0v) is 14.7. The van der Waals surface area contributed by atoms with Gasteiger partial charge in [-0.2, -0.15) is 10.1 Å². The number of alkyl halides is 2. The highest BCUT2D eigenvalue weighted by Crippen LogP contribution is 2.35. The van der Waals surface area contributed by atoms with E-state index in [-0.39, 0.29) is 17.9 Å². The molecule has 2 unspecified atom stereocenters. The Balaban J connectivity index is 1.41. The van der Waals surface area contributed by atoms with Gasteiger partial charge in [0.2, 0.25) is 11.9 Å². The molecule has 0 aromatic carbocycles. The molecule has 1 aromatic heterocycles. The number of rotatable bonds is 4. The Kier molecular flexibility index (Phi) is 4.91. The molecule has 1 aliphatic carbocycles. The van der Waals surface area contributed by atoms with Gasteiger partial charge in [0.05, 0.1) is 0 Å². The van der Waals surface area contributed by atoms with Crippen LogP contribution in [0.15, 0.2) is 18.5 Å². The van der Waals surface area contributed by atoms with E-state index in [1.54, 1.807) is 0 Å². The fourth-order valence-electron chi connectivity index (χ4n) is 4.48. The van der Waals surface area contributed by atoms with E-state index in [4.69, 9.17) is 0 Å². The number of nitrogens with one attached hydrogen (secondary N) is 1. The molecule has 1 N–H and O–H groups in total. The Labute approximate surface area is 151 Å². The maximum Gasteiger partial charge on any atom is 0.260 e. The third-order valence-corrected chi connectivity index (χ3v) is 5.92. The summed E-state index contributed by atoms with van der Waals surface area (Å²) in [5, 5.41) is 7.20. The van der Waals surface area contributed by atoms with Gasteiger partial charge in [0, 0.05) is 25.6 Å². The molecule has 0 radical (unpaired) electrons. The molecule has 0 saturated carbocycles. The van der Waals surface area contributed by atoms with Crippen LogP contribution < -0.4 is 5.32 Å². The summed E-state index contributed by atoms with van der Waals surface area (Å²) >= 11 is 0. The van der Waals surface area contributed by atoms with Gasteiger partial charge < -0.3 is 10.2 Å². The number of hydrogen-bond donors (Lipinski definition) is 1. The number of amides is 1. The molecule has 26 heavy (non-hydrogen) atoms. The molecule has 4 atom stereocenters. The highest BCUT2D eigenvalue weighted by Gasteiger charge is 2.39. The van der Waals surface area contributed by atoms with Gasteiger partial charge in [-0.3, -0.25) is 4.79 Å². The van der Waals surface area contributed by atoms with E-state index >= 15 is 0 Å². The van der Waals surface area contributed by atoms with Gasteiger partial charge >= 0.3 is 0 Å². The molecule has 8 heteroatoms. The van der Waals surface area contributed by atoms with Gasteiger partial charge in [-0.15, -0.1) is 0 Å². The van der Waals surface area contributed by atoms with Crippen LogP contribution in [-0.4, -0.2) is 51.1 Å². The van der Waals surface area contributed by atoms with Crippen LogP contribution in [0.25, 0.3) is 0 Å². The molecule has 142 valence electrons. The molecular weight excluding hydrogens is 340 g/mol. The number of halogens is 2. The van der Waals surface area contributed by atoms with Crippen LogP contribution in [0.2, 0.25) is 0 Å². The standard InChI is InChI=1S/C18H25F2N5O/c19-17(20)15-9-14(23-18-21-11-22-25(15)18)13-6-3-7-24(10-13)16(26)8-12-4-1-2-5-12/h1,4,11-15,17H,2-3,5-10H2,(H,21,22,23)/t12?,13?,14-,15+/m0/s1. The van der Waals surface area contributed by atoms with Crippen LogP contribution in [0.4, 0.5) is 14.7 Å². The lowest BCUT2D eigenvalue weighted by Gasteiger charge is -2.40. The lowest BCUT2D eigenvalue weighted by atomic mass is 9.86. The summed E-state index contributed by atoms with van der Waals surface area (Å²) in [4.78, 5) is 18.6. The molecule has 0 spiro atoms. The topological polar surface area (TPSA) is 63.1 Å². The van der Waals surface area contributed by atoms with Crippen molar-refractivity contribution in [3.8, 4) is 0 Å². The van der Waals surface area contributed by atoms with E-state index in [0.717, 1.165) is 32.2 Å². The summed E-state index contributed by atoms with van der Waals surface area (Å²) < 4.78 is 28.2. The van der Waals surface area contributed by atoms with Gasteiger partial charge in [-0.25, -0.2) is 13.5 Å². The molecule has 0 bridgehead atoms. The van der Waals surface area contributed by atoms with E-state index in [0.29, 0.717) is 31.3 Å². The Morgan fingerprint density at radius 1 is 1.38 bits per heavy atom. The second kappa shape index (κ2) is 7.32. The van der Waals surface area contributed by atoms with Gasteiger partial charge in [-0.05, 0) is 43.9 Å². The zero-order valence-electron chi connectivity index (χ0n) is 14.7. The molecular formula is C18H25F2N5O. The molecule has 1 aromatic rings. The SMILES string of the molecule is O=C(CC1C=CCC1)N1CCCC([C@@H]2C[C@H](C(F)F)n3ncnc3N2)C1. The predicted octanol–water partition coefficient (Wildman–Crippen LogP) is 2.86. The largest absolute Gasteiger partial charge is 0.351 e. The lowest BCUT2D eigenvalue weighted by Crippen LogP contribution is -2.48. The van der Waals surface area contributed by atoms with Crippen LogP contribution in [-0.2, 0) is 4.79 Å². The van der Waals surface area contributed by atoms with Crippen molar-refractivity contribution in [2.75, 3.05) is 18.4 Å². The number of hydrogen-bond acceptors (Lipinski definition) is 4. The second-order valence-corrected chi connectivity index (χ2v) is 7.63. The predicted molar refractivity (Wildman–Crippen MR) is 92.9 cm³/mol. The number of carbonyl (C=O) groups is 1. The maximum absolute atomic E-state index is 13.5. The van der Waals surface area contributed by atoms with Crippen molar-refractivity contribution in [2.45, 2.75) is 57.0 Å². The maximum atomic E-state index is 13.5. The van der Waals surface area contributed by atoms with Crippen molar-refractivity contribution >= 4 is 11.9 Å². The number of fused-ring (bicyclic) bond motifs is 1. The van der Waals surface area contributed by atoms with Crippen molar-refractivity contribution < 1.29 is 13.6 Å². The van der Waals surface area contributed by atoms with Crippen molar-refractivity contribution in [1.82, 2.24) is 19.7 Å². The van der Waals surface area contributed by atoms with Crippen molar-refractivity contribution in [3.05, 3.63) is 18.5 Å². The summed E-state index contributed by atoms with van der Waals surface area (Å²) in [5.41, 5.74) is 0. The van der Waals surface area contributed by atoms with Gasteiger partial charge in [0.25, 0.3) is 6.43 Å². The van der Waals surface area contributed by atoms with Crippen LogP contribution in [0.1, 0.15) is 44.6 Å². The smallest absolute Gasteiger partial charge is 0.260 e. The fraction of sp³-hybridized carbons (Fsp3) is 0.722. The third-order valence-electron chi connectivity index (χ3n) is 5.92. The van der Waals surface area contributed by atoms with E-state index in [1.165, 1.54) is 11.0 Å². The Hall–Kier alpha value is -1.99. The molecule has 6 nitrogen and oxygen atoms in total. The normalized spacial score (nSPS) is 31.1. The monoisotopic (exact) mass is 365 g/mol. The van der Waals surface area contributed by atoms with Crippen LogP contribution in [0, 0.1) is 11.8 Å². The number of allylic oxidation sites excluding steroid dienone is 2. The molecule has 4 rings (SSSR count). The Morgan fingerprint density at radius 3 is 3.04 bits per heavy atom. The summed E-state index contributed by atoms with van der Waals surface area (Å²) in [6.45, 7) is 1.41. The van der Waals surface area contributed by atoms with Gasteiger partial charge in [0.1, 0.15) is 12.4 Å². The van der Waals surface area contributed by atoms with Crippen LogP contribution in [0.3, 0.4) is 0 Å². The number of likely N-dealkylation sites (tertiary alicyclic amines) is 1. The summed E-state index contributed by atoms with van der Waals surface area (Å²) in [7, 11) is 0. The number of anilines is 1. The molecule has 1 fully saturated rings. The van der Waals surface area contributed by atoms with E-state index in [1.807, 2.05) is 4.90 Å². The van der Waals surface area contributed by atoms with Crippen LogP contribution >= 0.6 is 0 Å². The third kappa shape index (κ3) is 3.46. The number of aromatic nitrogens is 3. The quantitative estimate of drug-likeness (QED) is 0.834. The van der Waals surface area contributed by atoms with Crippen molar-refractivity contribution in [1.29, 1.82) is 0 Å². The Bertz CT molecular complexity index is 676. The molecule has 2 aliphatic heterocycles. The van der Waals surface area contributed by atoms with E-state index in [9.17, 15) is 13.6 Å². The molecule has 1 saturated heterocycles. The first kappa shape index (κ1) is 17.4. The minimum atomic E-state index is -2.48. The number of nitrogens with zero attached hydrogens (tertiary/aromatic N) is 4. The average Bonchev–Trinajstić information content (AvgIpc) is 3.32. The Morgan fingerprint density at radius 2 is 2.27 bits per heavy atom. The lowest BCUT2D eigenvalue weighted by molar-refractivity contribution is -0.133. The number of carbonyl (C=O) groups excluding carboxylic acids is 1. The zero-order chi connectivity index (χ0) is 18.1. The first-order valence-corrected chi connectivity index (χ1v) is 9.50. The highest BCUT2D eigenvalue weighted by atomic mass is 19.3. The molecule has 3 heterocycles. The minimum Gasteiger partial charge on any atom is -0.351 e.